The number of nitrogens with zero attached hydrogens (tertiary/aromatic N) is 1. The Bertz CT molecular complexity index is 772. The zero-order valence-corrected chi connectivity index (χ0v) is 13.3. The third-order valence-corrected chi connectivity index (χ3v) is 3.64. The normalized spacial score (nSPS) is 11.3. The summed E-state index contributed by atoms with van der Waals surface area (Å²) in [6.07, 6.45) is 1.26. The number of carbonyl (C=O) groups is 1. The van der Waals surface area contributed by atoms with Gasteiger partial charge in [-0.3, -0.25) is 10.1 Å². The minimum atomic E-state index is -1.17. The van der Waals surface area contributed by atoms with Gasteiger partial charge in [0.15, 0.2) is 0 Å². The second-order valence-corrected chi connectivity index (χ2v) is 5.68. The van der Waals surface area contributed by atoms with Gasteiger partial charge in [0.25, 0.3) is 5.69 Å². The molecule has 0 aromatic heterocycles. The number of carboxylic acids is 1. The Morgan fingerprint density at radius 2 is 1.86 bits per heavy atom. The van der Waals surface area contributed by atoms with Crippen LogP contribution in [0, 0.1) is 10.1 Å². The third-order valence-electron chi connectivity index (χ3n) is 2.87. The summed E-state index contributed by atoms with van der Waals surface area (Å²) in [5.41, 5.74) is 0.330. The summed E-state index contributed by atoms with van der Waals surface area (Å²) in [6.45, 7) is 0. The number of carboxylic acid groups (broad SMARTS) is 1. The maximum absolute atomic E-state index is 11.5. The summed E-state index contributed by atoms with van der Waals surface area (Å²) in [5, 5.41) is 20.6. The van der Waals surface area contributed by atoms with Crippen molar-refractivity contribution >= 4 is 50.8 Å². The number of hydrogen-bond acceptors (Lipinski definition) is 3. The van der Waals surface area contributed by atoms with E-state index >= 15 is 0 Å². The van der Waals surface area contributed by atoms with Gasteiger partial charge < -0.3 is 5.11 Å². The number of aliphatic carboxylic acids is 1. The lowest BCUT2D eigenvalue weighted by Gasteiger charge is -2.04. The molecule has 0 spiro atoms. The molecule has 0 heterocycles. The molecule has 0 aliphatic carbocycles. The highest BCUT2D eigenvalue weighted by molar-refractivity contribution is 9.10. The van der Waals surface area contributed by atoms with Crippen LogP contribution in [0.5, 0.6) is 0 Å². The second-order valence-electron chi connectivity index (χ2n) is 4.33. The summed E-state index contributed by atoms with van der Waals surface area (Å²) in [4.78, 5) is 21.9. The van der Waals surface area contributed by atoms with Crippen molar-refractivity contribution in [2.45, 2.75) is 0 Å². The molecule has 112 valence electrons. The molecule has 5 nitrogen and oxygen atoms in total. The van der Waals surface area contributed by atoms with Crippen molar-refractivity contribution in [1.29, 1.82) is 0 Å². The van der Waals surface area contributed by atoms with Gasteiger partial charge in [-0.2, -0.15) is 0 Å². The number of nitro groups is 1. The van der Waals surface area contributed by atoms with E-state index in [-0.39, 0.29) is 21.8 Å². The first kappa shape index (κ1) is 16.2. The molecule has 7 heteroatoms. The van der Waals surface area contributed by atoms with Crippen LogP contribution in [0.4, 0.5) is 5.69 Å². The molecule has 2 rings (SSSR count). The minimum absolute atomic E-state index is 0.0436. The molecule has 0 aliphatic rings. The Morgan fingerprint density at radius 1 is 1.23 bits per heavy atom. The van der Waals surface area contributed by atoms with Crippen molar-refractivity contribution in [2.75, 3.05) is 0 Å². The zero-order valence-electron chi connectivity index (χ0n) is 11.0. The minimum Gasteiger partial charge on any atom is -0.478 e. The molecule has 0 aliphatic heterocycles. The monoisotopic (exact) mass is 381 g/mol. The lowest BCUT2D eigenvalue weighted by molar-refractivity contribution is -0.385. The molecule has 0 amide bonds. The first-order valence-corrected chi connectivity index (χ1v) is 7.20. The molecule has 0 unspecified atom stereocenters. The Hall–Kier alpha value is -2.18. The van der Waals surface area contributed by atoms with Gasteiger partial charge in [-0.25, -0.2) is 4.79 Å². The maximum atomic E-state index is 11.5. The first-order valence-electron chi connectivity index (χ1n) is 6.03. The van der Waals surface area contributed by atoms with Crippen LogP contribution in [-0.2, 0) is 4.79 Å². The molecule has 2 aromatic rings. The Morgan fingerprint density at radius 3 is 2.41 bits per heavy atom. The molecule has 22 heavy (non-hydrogen) atoms. The first-order chi connectivity index (χ1) is 10.4. The van der Waals surface area contributed by atoms with E-state index in [1.165, 1.54) is 24.3 Å². The van der Waals surface area contributed by atoms with Crippen LogP contribution in [0.15, 0.2) is 46.9 Å². The Labute approximate surface area is 139 Å². The van der Waals surface area contributed by atoms with Gasteiger partial charge in [0.05, 0.1) is 16.1 Å². The Balaban J connectivity index is 2.59. The lowest BCUT2D eigenvalue weighted by Crippen LogP contribution is -2.00. The maximum Gasteiger partial charge on any atom is 0.336 e. The predicted octanol–water partition coefficient (Wildman–Crippen LogP) is 4.64. The van der Waals surface area contributed by atoms with E-state index < -0.39 is 10.9 Å². The van der Waals surface area contributed by atoms with Crippen molar-refractivity contribution < 1.29 is 14.8 Å². The zero-order chi connectivity index (χ0) is 16.3. The molecule has 0 bridgehead atoms. The van der Waals surface area contributed by atoms with Crippen LogP contribution in [-0.4, -0.2) is 16.0 Å². The number of hydrogen-bond donors (Lipinski definition) is 1. The fourth-order valence-electron chi connectivity index (χ4n) is 1.85. The van der Waals surface area contributed by atoms with Gasteiger partial charge in [-0.15, -0.1) is 0 Å². The van der Waals surface area contributed by atoms with E-state index in [1.807, 2.05) is 0 Å². The SMILES string of the molecule is O=C(O)/C(=C\c1ccc(Cl)cc1[N+](=O)[O-])c1ccc(Br)cc1. The molecule has 0 atom stereocenters. The molecule has 0 radical (unpaired) electrons. The number of halogens is 2. The average molecular weight is 383 g/mol. The fourth-order valence-corrected chi connectivity index (χ4v) is 2.28. The van der Waals surface area contributed by atoms with Crippen LogP contribution in [0.1, 0.15) is 11.1 Å². The molecule has 1 N–H and O–H groups in total. The topological polar surface area (TPSA) is 80.4 Å². The highest BCUT2D eigenvalue weighted by atomic mass is 79.9. The van der Waals surface area contributed by atoms with Gasteiger partial charge >= 0.3 is 5.97 Å². The highest BCUT2D eigenvalue weighted by Gasteiger charge is 2.16. The van der Waals surface area contributed by atoms with E-state index in [4.69, 9.17) is 11.6 Å². The van der Waals surface area contributed by atoms with Gasteiger partial charge in [-0.1, -0.05) is 39.7 Å². The van der Waals surface area contributed by atoms with Crippen molar-refractivity contribution in [3.05, 3.63) is 73.2 Å². The summed E-state index contributed by atoms with van der Waals surface area (Å²) >= 11 is 9.01. The molecule has 2 aromatic carbocycles. The van der Waals surface area contributed by atoms with E-state index in [9.17, 15) is 20.0 Å². The summed E-state index contributed by atoms with van der Waals surface area (Å²) < 4.78 is 0.804. The van der Waals surface area contributed by atoms with Crippen LogP contribution < -0.4 is 0 Å². The van der Waals surface area contributed by atoms with Crippen molar-refractivity contribution in [3.8, 4) is 0 Å². The molecule has 0 saturated carbocycles. The van der Waals surface area contributed by atoms with E-state index in [1.54, 1.807) is 24.3 Å². The number of rotatable bonds is 4. The van der Waals surface area contributed by atoms with Crippen molar-refractivity contribution in [2.24, 2.45) is 0 Å². The summed E-state index contributed by atoms with van der Waals surface area (Å²) in [6, 6.07) is 10.7. The van der Waals surface area contributed by atoms with Crippen LogP contribution in [0.3, 0.4) is 0 Å². The van der Waals surface area contributed by atoms with E-state index in [0.29, 0.717) is 5.56 Å². The van der Waals surface area contributed by atoms with Crippen LogP contribution in [0.2, 0.25) is 5.02 Å². The molecular formula is C15H9BrClNO4. The predicted molar refractivity (Wildman–Crippen MR) is 87.8 cm³/mol. The molecular weight excluding hydrogens is 374 g/mol. The largest absolute Gasteiger partial charge is 0.478 e. The highest BCUT2D eigenvalue weighted by Crippen LogP contribution is 2.28. The van der Waals surface area contributed by atoms with Crippen LogP contribution >= 0.6 is 27.5 Å². The van der Waals surface area contributed by atoms with Crippen molar-refractivity contribution in [1.82, 2.24) is 0 Å². The summed E-state index contributed by atoms with van der Waals surface area (Å²) in [5.74, 6) is -1.17. The summed E-state index contributed by atoms with van der Waals surface area (Å²) in [7, 11) is 0. The fraction of sp³-hybridized carbons (Fsp3) is 0. The quantitative estimate of drug-likeness (QED) is 0.362. The van der Waals surface area contributed by atoms with E-state index in [2.05, 4.69) is 15.9 Å². The number of nitro benzene ring substituents is 1. The van der Waals surface area contributed by atoms with Crippen molar-refractivity contribution in [3.63, 3.8) is 0 Å². The molecule has 0 fully saturated rings. The standard InChI is InChI=1S/C15H9BrClNO4/c16-11-4-1-9(2-5-11)13(15(19)20)7-10-3-6-12(17)8-14(10)18(21)22/h1-8H,(H,19,20)/b13-7-. The van der Waals surface area contributed by atoms with Gasteiger partial charge in [0.2, 0.25) is 0 Å². The molecule has 0 saturated heterocycles. The Kier molecular flexibility index (Phi) is 4.95. The van der Waals surface area contributed by atoms with E-state index in [0.717, 1.165) is 4.47 Å². The smallest absolute Gasteiger partial charge is 0.336 e. The second kappa shape index (κ2) is 6.72. The van der Waals surface area contributed by atoms with Gasteiger partial charge in [-0.05, 0) is 35.9 Å². The van der Waals surface area contributed by atoms with Crippen LogP contribution in [0.25, 0.3) is 11.6 Å². The van der Waals surface area contributed by atoms with Gasteiger partial charge in [0.1, 0.15) is 0 Å². The third kappa shape index (κ3) is 3.72. The van der Waals surface area contributed by atoms with Gasteiger partial charge in [0, 0.05) is 15.6 Å². The average Bonchev–Trinajstić information content (AvgIpc) is 2.46. The lowest BCUT2D eigenvalue weighted by atomic mass is 10.0. The number of benzene rings is 2.